The average Bonchev–Trinajstić information content (AvgIpc) is 2.57. The van der Waals surface area contributed by atoms with E-state index in [2.05, 4.69) is 49.8 Å². The summed E-state index contributed by atoms with van der Waals surface area (Å²) < 4.78 is 6.82. The lowest BCUT2D eigenvalue weighted by Gasteiger charge is -2.23. The monoisotopic (exact) mass is 221 g/mol. The van der Waals surface area contributed by atoms with Crippen LogP contribution in [0.2, 0.25) is 0 Å². The van der Waals surface area contributed by atoms with Gasteiger partial charge in [-0.3, -0.25) is 0 Å². The Morgan fingerprint density at radius 2 is 1.93 bits per heavy atom. The Kier molecular flexibility index (Phi) is 2.76. The first-order valence-corrected chi connectivity index (χ1v) is 5.97. The summed E-state index contributed by atoms with van der Waals surface area (Å²) in [5.41, 5.74) is 1.25. The van der Waals surface area contributed by atoms with E-state index in [-0.39, 0.29) is 0 Å². The topological polar surface area (TPSA) is 12.9 Å². The molecule has 80 valence electrons. The number of fused-ring (bicyclic) bond motifs is 1. The molecule has 0 radical (unpaired) electrons. The molecule has 0 spiro atoms. The van der Waals surface area contributed by atoms with Gasteiger partial charge in [0.1, 0.15) is 0 Å². The summed E-state index contributed by atoms with van der Waals surface area (Å²) in [7, 11) is 6.65. The summed E-state index contributed by atoms with van der Waals surface area (Å²) >= 11 is 1.61. The summed E-state index contributed by atoms with van der Waals surface area (Å²) in [6, 6.07) is 8.47. The normalized spacial score (nSPS) is 12.2. The van der Waals surface area contributed by atoms with Crippen LogP contribution in [0.1, 0.15) is 5.69 Å². The van der Waals surface area contributed by atoms with Crippen molar-refractivity contribution in [1.29, 1.82) is 0 Å². The minimum atomic E-state index is 0.992. The van der Waals surface area contributed by atoms with Crippen molar-refractivity contribution in [2.45, 2.75) is 6.42 Å². The summed E-state index contributed by atoms with van der Waals surface area (Å²) in [4.78, 5) is 0. The molecular formula is C12H17N2S+. The van der Waals surface area contributed by atoms with Crippen molar-refractivity contribution in [3.05, 3.63) is 30.0 Å². The summed E-state index contributed by atoms with van der Waals surface area (Å²) in [6.07, 6.45) is 1.06. The molecule has 0 amide bonds. The Balaban J connectivity index is 2.22. The zero-order chi connectivity index (χ0) is 10.9. The fourth-order valence-corrected chi connectivity index (χ4v) is 2.38. The van der Waals surface area contributed by atoms with E-state index in [1.165, 1.54) is 15.8 Å². The highest BCUT2D eigenvalue weighted by atomic mass is 32.1. The van der Waals surface area contributed by atoms with E-state index in [0.717, 1.165) is 17.4 Å². The molecule has 1 aromatic carbocycles. The molecule has 3 heteroatoms. The smallest absolute Gasteiger partial charge is 0.0837 e. The van der Waals surface area contributed by atoms with E-state index in [1.807, 2.05) is 0 Å². The van der Waals surface area contributed by atoms with Gasteiger partial charge in [0.25, 0.3) is 0 Å². The SMILES string of the molecule is C[N+](C)(C)CCc1nsc2ccccc12. The molecule has 0 aliphatic rings. The quantitative estimate of drug-likeness (QED) is 0.726. The lowest BCUT2D eigenvalue weighted by molar-refractivity contribution is -0.870. The number of quaternary nitrogens is 1. The summed E-state index contributed by atoms with van der Waals surface area (Å²) in [5, 5.41) is 1.33. The maximum absolute atomic E-state index is 4.53. The van der Waals surface area contributed by atoms with Gasteiger partial charge >= 0.3 is 0 Å². The molecule has 0 aliphatic carbocycles. The number of benzene rings is 1. The van der Waals surface area contributed by atoms with E-state index in [9.17, 15) is 0 Å². The molecule has 0 saturated carbocycles. The highest BCUT2D eigenvalue weighted by Crippen LogP contribution is 2.22. The maximum atomic E-state index is 4.53. The molecule has 0 atom stereocenters. The predicted octanol–water partition coefficient (Wildman–Crippen LogP) is 2.55. The minimum absolute atomic E-state index is 0.992. The second kappa shape index (κ2) is 3.91. The number of nitrogens with zero attached hydrogens (tertiary/aromatic N) is 2. The Morgan fingerprint density at radius 1 is 1.20 bits per heavy atom. The Bertz CT molecular complexity index is 454. The molecule has 0 fully saturated rings. The van der Waals surface area contributed by atoms with Crippen LogP contribution >= 0.6 is 11.5 Å². The Hall–Kier alpha value is -0.930. The van der Waals surface area contributed by atoms with Crippen LogP contribution in [0.15, 0.2) is 24.3 Å². The highest BCUT2D eigenvalue weighted by Gasteiger charge is 2.11. The van der Waals surface area contributed by atoms with Gasteiger partial charge in [0.2, 0.25) is 0 Å². The molecule has 0 unspecified atom stereocenters. The van der Waals surface area contributed by atoms with E-state index in [4.69, 9.17) is 0 Å². The molecule has 0 aliphatic heterocycles. The molecule has 2 aromatic rings. The van der Waals surface area contributed by atoms with Crippen LogP contribution < -0.4 is 0 Å². The van der Waals surface area contributed by atoms with Crippen LogP contribution in [-0.2, 0) is 6.42 Å². The lowest BCUT2D eigenvalue weighted by Crippen LogP contribution is -2.36. The lowest BCUT2D eigenvalue weighted by atomic mass is 10.2. The first-order chi connectivity index (χ1) is 7.06. The van der Waals surface area contributed by atoms with Crippen LogP contribution in [0.4, 0.5) is 0 Å². The number of aromatic nitrogens is 1. The molecule has 0 N–H and O–H groups in total. The van der Waals surface area contributed by atoms with Gasteiger partial charge in [-0.15, -0.1) is 0 Å². The highest BCUT2D eigenvalue weighted by molar-refractivity contribution is 7.13. The van der Waals surface area contributed by atoms with Gasteiger partial charge < -0.3 is 4.48 Å². The number of likely N-dealkylation sites (N-methyl/N-ethyl adjacent to an activating group) is 1. The van der Waals surface area contributed by atoms with Crippen molar-refractivity contribution >= 4 is 21.6 Å². The van der Waals surface area contributed by atoms with E-state index < -0.39 is 0 Å². The van der Waals surface area contributed by atoms with E-state index in [0.29, 0.717) is 0 Å². The third-order valence-electron chi connectivity index (χ3n) is 2.47. The predicted molar refractivity (Wildman–Crippen MR) is 66.2 cm³/mol. The van der Waals surface area contributed by atoms with Crippen molar-refractivity contribution in [3.8, 4) is 0 Å². The third kappa shape index (κ3) is 2.55. The fraction of sp³-hybridized carbons (Fsp3) is 0.417. The van der Waals surface area contributed by atoms with E-state index >= 15 is 0 Å². The Labute approximate surface area is 94.9 Å². The van der Waals surface area contributed by atoms with Gasteiger partial charge in [-0.1, -0.05) is 18.2 Å². The Morgan fingerprint density at radius 3 is 2.67 bits per heavy atom. The van der Waals surface area contributed by atoms with Crippen LogP contribution in [0, 0.1) is 0 Å². The van der Waals surface area contributed by atoms with E-state index in [1.54, 1.807) is 11.5 Å². The molecule has 15 heavy (non-hydrogen) atoms. The number of hydrogen-bond acceptors (Lipinski definition) is 2. The molecule has 2 rings (SSSR count). The van der Waals surface area contributed by atoms with Crippen LogP contribution in [0.5, 0.6) is 0 Å². The van der Waals surface area contributed by atoms with Gasteiger partial charge in [0.15, 0.2) is 0 Å². The average molecular weight is 221 g/mol. The summed E-state index contributed by atoms with van der Waals surface area (Å²) in [6.45, 7) is 1.13. The summed E-state index contributed by atoms with van der Waals surface area (Å²) in [5.74, 6) is 0. The largest absolute Gasteiger partial charge is 0.331 e. The van der Waals surface area contributed by atoms with Crippen LogP contribution in [0.25, 0.3) is 10.1 Å². The molecular weight excluding hydrogens is 204 g/mol. The van der Waals surface area contributed by atoms with Crippen molar-refractivity contribution in [1.82, 2.24) is 4.37 Å². The second-order valence-electron chi connectivity index (χ2n) is 4.89. The molecule has 1 aromatic heterocycles. The van der Waals surface area contributed by atoms with Crippen molar-refractivity contribution in [2.24, 2.45) is 0 Å². The third-order valence-corrected chi connectivity index (χ3v) is 3.34. The molecule has 0 saturated heterocycles. The van der Waals surface area contributed by atoms with Crippen LogP contribution in [0.3, 0.4) is 0 Å². The van der Waals surface area contributed by atoms with Crippen molar-refractivity contribution < 1.29 is 4.48 Å². The molecule has 2 nitrogen and oxygen atoms in total. The van der Waals surface area contributed by atoms with Gasteiger partial charge in [-0.2, -0.15) is 4.37 Å². The minimum Gasteiger partial charge on any atom is -0.331 e. The van der Waals surface area contributed by atoms with Gasteiger partial charge in [0.05, 0.1) is 38.1 Å². The standard InChI is InChI=1S/C12H17N2S/c1-14(2,3)9-8-11-10-6-4-5-7-12(10)15-13-11/h4-7H,8-9H2,1-3H3/q+1. The molecule has 0 bridgehead atoms. The first kappa shape index (κ1) is 10.6. The molecule has 1 heterocycles. The van der Waals surface area contributed by atoms with Gasteiger partial charge in [-0.05, 0) is 17.6 Å². The fourth-order valence-electron chi connectivity index (χ4n) is 1.56. The second-order valence-corrected chi connectivity index (χ2v) is 5.69. The number of rotatable bonds is 3. The van der Waals surface area contributed by atoms with Crippen molar-refractivity contribution in [2.75, 3.05) is 27.7 Å². The zero-order valence-electron chi connectivity index (χ0n) is 9.53. The number of hydrogen-bond donors (Lipinski definition) is 0. The van der Waals surface area contributed by atoms with Crippen LogP contribution in [-0.4, -0.2) is 36.5 Å². The first-order valence-electron chi connectivity index (χ1n) is 5.20. The van der Waals surface area contributed by atoms with Gasteiger partial charge in [-0.25, -0.2) is 0 Å². The zero-order valence-corrected chi connectivity index (χ0v) is 10.3. The van der Waals surface area contributed by atoms with Crippen molar-refractivity contribution in [3.63, 3.8) is 0 Å². The van der Waals surface area contributed by atoms with Gasteiger partial charge in [0, 0.05) is 11.8 Å². The maximum Gasteiger partial charge on any atom is 0.0837 e.